The van der Waals surface area contributed by atoms with Gasteiger partial charge in [0.25, 0.3) is 0 Å². The van der Waals surface area contributed by atoms with Crippen LogP contribution in [0.5, 0.6) is 0 Å². The van der Waals surface area contributed by atoms with Gasteiger partial charge in [-0.1, -0.05) is 295 Å². The van der Waals surface area contributed by atoms with Gasteiger partial charge in [-0.05, 0) is 77.0 Å². The average Bonchev–Trinajstić information content (AvgIpc) is 3.38. The zero-order valence-electron chi connectivity index (χ0n) is 48.7. The maximum Gasteiger partial charge on any atom is 0.305 e. The van der Waals surface area contributed by atoms with Gasteiger partial charge in [0, 0.05) is 12.8 Å². The van der Waals surface area contributed by atoms with Crippen molar-refractivity contribution in [3.63, 3.8) is 0 Å². The molecule has 1 amide bonds. The molecule has 72 heavy (non-hydrogen) atoms. The molecule has 0 aromatic carbocycles. The Hall–Kier alpha value is -1.66. The van der Waals surface area contributed by atoms with E-state index in [0.717, 1.165) is 44.9 Å². The van der Waals surface area contributed by atoms with Gasteiger partial charge in [0.05, 0.1) is 25.4 Å². The molecule has 426 valence electrons. The highest BCUT2D eigenvalue weighted by Gasteiger charge is 2.20. The molecule has 0 saturated heterocycles. The second kappa shape index (κ2) is 61.9. The van der Waals surface area contributed by atoms with E-state index in [0.29, 0.717) is 25.9 Å². The van der Waals surface area contributed by atoms with E-state index in [-0.39, 0.29) is 18.5 Å². The van der Waals surface area contributed by atoms with Crippen molar-refractivity contribution in [2.75, 3.05) is 13.2 Å². The van der Waals surface area contributed by atoms with Crippen molar-refractivity contribution in [1.29, 1.82) is 0 Å². The number of aliphatic hydroxyl groups excluding tert-OH is 2. The van der Waals surface area contributed by atoms with Gasteiger partial charge in [-0.2, -0.15) is 0 Å². The Morgan fingerprint density at radius 1 is 0.375 bits per heavy atom. The first-order chi connectivity index (χ1) is 35.5. The highest BCUT2D eigenvalue weighted by Crippen LogP contribution is 2.18. The number of ether oxygens (including phenoxy) is 1. The van der Waals surface area contributed by atoms with E-state index in [1.54, 1.807) is 0 Å². The topological polar surface area (TPSA) is 95.9 Å². The number of hydrogen-bond donors (Lipinski definition) is 3. The lowest BCUT2D eigenvalue weighted by molar-refractivity contribution is -0.143. The second-order valence-corrected chi connectivity index (χ2v) is 22.4. The zero-order chi connectivity index (χ0) is 52.2. The lowest BCUT2D eigenvalue weighted by Crippen LogP contribution is -2.45. The predicted molar refractivity (Wildman–Crippen MR) is 315 cm³/mol. The molecule has 0 aliphatic carbocycles. The summed E-state index contributed by atoms with van der Waals surface area (Å²) in [5, 5.41) is 23.3. The summed E-state index contributed by atoms with van der Waals surface area (Å²) in [6.45, 7) is 4.96. The molecule has 0 fully saturated rings. The van der Waals surface area contributed by atoms with Crippen LogP contribution in [0.4, 0.5) is 0 Å². The fourth-order valence-corrected chi connectivity index (χ4v) is 10.2. The first-order valence-electron chi connectivity index (χ1n) is 32.6. The molecule has 0 aliphatic heterocycles. The standard InChI is InChI=1S/C66H127NO5/c1-3-5-7-9-11-13-15-17-19-21-23-28-32-36-40-44-48-52-56-60-66(71)72-61-57-53-49-45-41-37-33-29-25-22-24-27-31-35-39-43-47-51-55-59-65(70)67-63(62-68)64(69)58-54-50-46-42-38-34-30-26-20-18-16-14-12-10-8-6-4-2/h17,19,22,24,63-64,68-69H,3-16,18,20-21,23,25-62H2,1-2H3,(H,67,70)/b19-17-,24-22-. The van der Waals surface area contributed by atoms with Gasteiger partial charge in [0.2, 0.25) is 5.91 Å². The van der Waals surface area contributed by atoms with Crippen molar-refractivity contribution in [2.24, 2.45) is 0 Å². The molecule has 0 heterocycles. The normalized spacial score (nSPS) is 12.7. The van der Waals surface area contributed by atoms with E-state index in [2.05, 4.69) is 43.5 Å². The Labute approximate surface area is 450 Å². The quantitative estimate of drug-likeness (QED) is 0.0320. The fourth-order valence-electron chi connectivity index (χ4n) is 10.2. The third-order valence-electron chi connectivity index (χ3n) is 15.2. The number of hydrogen-bond acceptors (Lipinski definition) is 5. The first-order valence-corrected chi connectivity index (χ1v) is 32.6. The van der Waals surface area contributed by atoms with Crippen molar-refractivity contribution < 1.29 is 24.5 Å². The van der Waals surface area contributed by atoms with E-state index in [4.69, 9.17) is 4.74 Å². The van der Waals surface area contributed by atoms with Gasteiger partial charge >= 0.3 is 5.97 Å². The number of carbonyl (C=O) groups is 2. The van der Waals surface area contributed by atoms with Crippen LogP contribution in [-0.4, -0.2) is 47.4 Å². The molecular formula is C66H127NO5. The van der Waals surface area contributed by atoms with Crippen molar-refractivity contribution >= 4 is 11.9 Å². The number of esters is 1. The van der Waals surface area contributed by atoms with Crippen LogP contribution >= 0.6 is 0 Å². The van der Waals surface area contributed by atoms with Gasteiger partial charge in [-0.15, -0.1) is 0 Å². The average molecular weight is 1010 g/mol. The lowest BCUT2D eigenvalue weighted by Gasteiger charge is -2.22. The summed E-state index contributed by atoms with van der Waals surface area (Å²) in [5.74, 6) is -0.0376. The maximum absolute atomic E-state index is 12.5. The summed E-state index contributed by atoms with van der Waals surface area (Å²) >= 11 is 0. The number of carbonyl (C=O) groups excluding carboxylic acids is 2. The molecule has 0 rings (SSSR count). The lowest BCUT2D eigenvalue weighted by atomic mass is 10.0. The van der Waals surface area contributed by atoms with Crippen molar-refractivity contribution in [3.05, 3.63) is 24.3 Å². The molecule has 6 heteroatoms. The predicted octanol–water partition coefficient (Wildman–Crippen LogP) is 20.6. The Bertz CT molecular complexity index is 1120. The number of aliphatic hydroxyl groups is 2. The van der Waals surface area contributed by atoms with Crippen molar-refractivity contribution in [1.82, 2.24) is 5.32 Å². The molecule has 0 aromatic heterocycles. The molecule has 6 nitrogen and oxygen atoms in total. The molecular weight excluding hydrogens is 887 g/mol. The molecule has 0 aliphatic rings. The van der Waals surface area contributed by atoms with Gasteiger partial charge < -0.3 is 20.3 Å². The number of amides is 1. The van der Waals surface area contributed by atoms with Crippen LogP contribution in [0.3, 0.4) is 0 Å². The largest absolute Gasteiger partial charge is 0.466 e. The minimum Gasteiger partial charge on any atom is -0.466 e. The molecule has 0 saturated carbocycles. The number of rotatable bonds is 61. The molecule has 0 bridgehead atoms. The van der Waals surface area contributed by atoms with E-state index in [1.807, 2.05) is 0 Å². The van der Waals surface area contributed by atoms with Crippen LogP contribution in [0.2, 0.25) is 0 Å². The van der Waals surface area contributed by atoms with Crippen LogP contribution in [0.15, 0.2) is 24.3 Å². The van der Waals surface area contributed by atoms with Gasteiger partial charge in [-0.3, -0.25) is 9.59 Å². The minimum absolute atomic E-state index is 0.00426. The molecule has 0 spiro atoms. The highest BCUT2D eigenvalue weighted by atomic mass is 16.5. The van der Waals surface area contributed by atoms with E-state index in [1.165, 1.54) is 283 Å². The van der Waals surface area contributed by atoms with Crippen molar-refractivity contribution in [2.45, 2.75) is 373 Å². The summed E-state index contributed by atoms with van der Waals surface area (Å²) < 4.78 is 5.50. The van der Waals surface area contributed by atoms with E-state index < -0.39 is 12.1 Å². The molecule has 2 unspecified atom stereocenters. The summed E-state index contributed by atoms with van der Waals surface area (Å²) in [4.78, 5) is 24.6. The van der Waals surface area contributed by atoms with Crippen molar-refractivity contribution in [3.8, 4) is 0 Å². The SMILES string of the molecule is CCCCCCCC/C=C\CCCCCCCCCCCC(=O)OCCCCCCCCCC/C=C\CCCCCCCCCC(=O)NC(CO)C(O)CCCCCCCCCCCCCCCCCCC. The Kier molecular flexibility index (Phi) is 60.5. The number of nitrogens with one attached hydrogen (secondary N) is 1. The Balaban J connectivity index is 3.42. The fraction of sp³-hybridized carbons (Fsp3) is 0.909. The maximum atomic E-state index is 12.5. The third kappa shape index (κ3) is 57.6. The molecule has 2 atom stereocenters. The minimum atomic E-state index is -0.671. The molecule has 0 radical (unpaired) electrons. The molecule has 0 aromatic rings. The highest BCUT2D eigenvalue weighted by molar-refractivity contribution is 5.76. The van der Waals surface area contributed by atoms with E-state index >= 15 is 0 Å². The smallest absolute Gasteiger partial charge is 0.305 e. The van der Waals surface area contributed by atoms with Gasteiger partial charge in [-0.25, -0.2) is 0 Å². The molecule has 3 N–H and O–H groups in total. The monoisotopic (exact) mass is 1010 g/mol. The van der Waals surface area contributed by atoms with E-state index in [9.17, 15) is 19.8 Å². The van der Waals surface area contributed by atoms with Gasteiger partial charge in [0.1, 0.15) is 0 Å². The summed E-state index contributed by atoms with van der Waals surface area (Å²) in [7, 11) is 0. The van der Waals surface area contributed by atoms with Crippen LogP contribution in [0.1, 0.15) is 361 Å². The van der Waals surface area contributed by atoms with Crippen LogP contribution in [0.25, 0.3) is 0 Å². The Morgan fingerprint density at radius 3 is 0.986 bits per heavy atom. The van der Waals surface area contributed by atoms with Crippen LogP contribution in [-0.2, 0) is 14.3 Å². The first kappa shape index (κ1) is 70.3. The zero-order valence-corrected chi connectivity index (χ0v) is 48.7. The number of allylic oxidation sites excluding steroid dienone is 4. The third-order valence-corrected chi connectivity index (χ3v) is 15.2. The second-order valence-electron chi connectivity index (χ2n) is 22.4. The van der Waals surface area contributed by atoms with Gasteiger partial charge in [0.15, 0.2) is 0 Å². The van der Waals surface area contributed by atoms with Crippen LogP contribution < -0.4 is 5.32 Å². The summed E-state index contributed by atoms with van der Waals surface area (Å²) in [5.41, 5.74) is 0. The van der Waals surface area contributed by atoms with Crippen LogP contribution in [0, 0.1) is 0 Å². The Morgan fingerprint density at radius 2 is 0.653 bits per heavy atom. The summed E-state index contributed by atoms with van der Waals surface area (Å²) in [6.07, 6.45) is 76.2. The number of unbranched alkanes of at least 4 members (excludes halogenated alkanes) is 46. The summed E-state index contributed by atoms with van der Waals surface area (Å²) in [6, 6.07) is -0.549.